The Labute approximate surface area is 123 Å². The van der Waals surface area contributed by atoms with Crippen LogP contribution in [0.5, 0.6) is 0 Å². The van der Waals surface area contributed by atoms with E-state index in [1.165, 1.54) is 0 Å². The number of rotatable bonds is 3. The Bertz CT molecular complexity index is 743. The first kappa shape index (κ1) is 13.2. The van der Waals surface area contributed by atoms with Crippen molar-refractivity contribution in [1.29, 1.82) is 0 Å². The molecule has 2 N–H and O–H groups in total. The number of nitrogen functional groups attached to an aromatic ring is 1. The van der Waals surface area contributed by atoms with E-state index in [9.17, 15) is 0 Å². The normalized spacial score (nSPS) is 10.6. The lowest BCUT2D eigenvalue weighted by Crippen LogP contribution is -2.09. The molecular weight excluding hydrogens is 262 g/mol. The molecule has 2 aromatic heterocycles. The summed E-state index contributed by atoms with van der Waals surface area (Å²) in [6.07, 6.45) is 5.40. The van der Waals surface area contributed by atoms with Crippen LogP contribution in [0.1, 0.15) is 0 Å². The molecule has 0 aliphatic carbocycles. The summed E-state index contributed by atoms with van der Waals surface area (Å²) in [6.45, 7) is 0. The van der Waals surface area contributed by atoms with Gasteiger partial charge in [-0.05, 0) is 30.3 Å². The van der Waals surface area contributed by atoms with Crippen LogP contribution in [0.4, 0.5) is 11.5 Å². The van der Waals surface area contributed by atoms with Gasteiger partial charge in [-0.2, -0.15) is 0 Å². The molecule has 106 valence electrons. The van der Waals surface area contributed by atoms with E-state index in [1.54, 1.807) is 18.6 Å². The van der Waals surface area contributed by atoms with E-state index in [-0.39, 0.29) is 0 Å². The highest BCUT2D eigenvalue weighted by Crippen LogP contribution is 2.24. The standard InChI is InChI=1S/C16H17N5/c1-20(2)13-4-3-5-14(8-13)21-11-18-10-15(21)12-6-7-16(17)19-9-12/h3-11H,1-2H3,(H2,17,19). The van der Waals surface area contributed by atoms with Crippen LogP contribution in [0.2, 0.25) is 0 Å². The molecule has 1 aromatic carbocycles. The van der Waals surface area contributed by atoms with E-state index in [1.807, 2.05) is 37.0 Å². The van der Waals surface area contributed by atoms with Crippen LogP contribution in [0, 0.1) is 0 Å². The highest BCUT2D eigenvalue weighted by atomic mass is 15.1. The molecule has 0 unspecified atom stereocenters. The van der Waals surface area contributed by atoms with Crippen molar-refractivity contribution in [2.75, 3.05) is 24.7 Å². The average Bonchev–Trinajstić information content (AvgIpc) is 2.97. The maximum absolute atomic E-state index is 5.64. The van der Waals surface area contributed by atoms with Crippen LogP contribution >= 0.6 is 0 Å². The smallest absolute Gasteiger partial charge is 0.123 e. The molecule has 3 aromatic rings. The molecule has 0 radical (unpaired) electrons. The Morgan fingerprint density at radius 3 is 2.67 bits per heavy atom. The minimum Gasteiger partial charge on any atom is -0.384 e. The van der Waals surface area contributed by atoms with Crippen molar-refractivity contribution in [2.45, 2.75) is 0 Å². The largest absolute Gasteiger partial charge is 0.384 e. The summed E-state index contributed by atoms with van der Waals surface area (Å²) in [7, 11) is 4.05. The first-order chi connectivity index (χ1) is 10.1. The molecule has 0 aliphatic rings. The zero-order valence-electron chi connectivity index (χ0n) is 12.1. The fraction of sp³-hybridized carbons (Fsp3) is 0.125. The highest BCUT2D eigenvalue weighted by molar-refractivity contribution is 5.63. The highest BCUT2D eigenvalue weighted by Gasteiger charge is 2.08. The average molecular weight is 279 g/mol. The Balaban J connectivity index is 2.06. The fourth-order valence-electron chi connectivity index (χ4n) is 2.19. The van der Waals surface area contributed by atoms with Crippen molar-refractivity contribution >= 4 is 11.5 Å². The topological polar surface area (TPSA) is 60.0 Å². The molecule has 0 amide bonds. The van der Waals surface area contributed by atoms with E-state index in [4.69, 9.17) is 5.73 Å². The van der Waals surface area contributed by atoms with Crippen molar-refractivity contribution in [3.05, 3.63) is 55.1 Å². The van der Waals surface area contributed by atoms with E-state index < -0.39 is 0 Å². The number of nitrogens with two attached hydrogens (primary N) is 1. The van der Waals surface area contributed by atoms with E-state index >= 15 is 0 Å². The molecule has 2 heterocycles. The maximum atomic E-state index is 5.64. The molecular formula is C16H17N5. The molecule has 3 rings (SSSR count). The molecule has 0 saturated carbocycles. The van der Waals surface area contributed by atoms with Gasteiger partial charge in [-0.3, -0.25) is 4.57 Å². The Kier molecular flexibility index (Phi) is 3.31. The number of pyridine rings is 1. The monoisotopic (exact) mass is 279 g/mol. The predicted octanol–water partition coefficient (Wildman–Crippen LogP) is 2.58. The van der Waals surface area contributed by atoms with Gasteiger partial charge in [-0.25, -0.2) is 9.97 Å². The molecule has 5 heteroatoms. The van der Waals surface area contributed by atoms with Gasteiger partial charge in [0.05, 0.1) is 18.2 Å². The second kappa shape index (κ2) is 5.28. The van der Waals surface area contributed by atoms with E-state index in [2.05, 4.69) is 33.1 Å². The summed E-state index contributed by atoms with van der Waals surface area (Å²) in [4.78, 5) is 10.5. The van der Waals surface area contributed by atoms with Gasteiger partial charge in [0.15, 0.2) is 0 Å². The van der Waals surface area contributed by atoms with Crippen molar-refractivity contribution in [1.82, 2.24) is 14.5 Å². The van der Waals surface area contributed by atoms with E-state index in [0.717, 1.165) is 22.6 Å². The lowest BCUT2D eigenvalue weighted by atomic mass is 10.2. The summed E-state index contributed by atoms with van der Waals surface area (Å²) in [5.41, 5.74) is 9.81. The Hall–Kier alpha value is -2.82. The molecule has 0 bridgehead atoms. The van der Waals surface area contributed by atoms with Gasteiger partial charge in [0.2, 0.25) is 0 Å². The number of nitrogens with zero attached hydrogens (tertiary/aromatic N) is 4. The van der Waals surface area contributed by atoms with Crippen molar-refractivity contribution in [3.8, 4) is 16.9 Å². The molecule has 0 spiro atoms. The summed E-state index contributed by atoms with van der Waals surface area (Å²) in [5, 5.41) is 0. The lowest BCUT2D eigenvalue weighted by Gasteiger charge is -2.15. The predicted molar refractivity (Wildman–Crippen MR) is 85.5 cm³/mol. The van der Waals surface area contributed by atoms with Gasteiger partial charge in [-0.1, -0.05) is 6.07 Å². The third-order valence-corrected chi connectivity index (χ3v) is 3.34. The number of aromatic nitrogens is 3. The van der Waals surface area contributed by atoms with Crippen molar-refractivity contribution < 1.29 is 0 Å². The number of benzene rings is 1. The van der Waals surface area contributed by atoms with Gasteiger partial charge in [0.1, 0.15) is 5.82 Å². The molecule has 0 atom stereocenters. The minimum absolute atomic E-state index is 0.513. The lowest BCUT2D eigenvalue weighted by molar-refractivity contribution is 1.05. The Morgan fingerprint density at radius 1 is 1.10 bits per heavy atom. The zero-order valence-corrected chi connectivity index (χ0v) is 12.1. The summed E-state index contributed by atoms with van der Waals surface area (Å²) in [5.74, 6) is 0.513. The summed E-state index contributed by atoms with van der Waals surface area (Å²) >= 11 is 0. The number of anilines is 2. The van der Waals surface area contributed by atoms with Gasteiger partial charge in [-0.15, -0.1) is 0 Å². The number of imidazole rings is 1. The second-order valence-corrected chi connectivity index (χ2v) is 5.03. The number of hydrogen-bond donors (Lipinski definition) is 1. The quantitative estimate of drug-likeness (QED) is 0.800. The van der Waals surface area contributed by atoms with Gasteiger partial charge in [0.25, 0.3) is 0 Å². The van der Waals surface area contributed by atoms with Gasteiger partial charge in [0, 0.05) is 37.2 Å². The van der Waals surface area contributed by atoms with Crippen molar-refractivity contribution in [3.63, 3.8) is 0 Å². The van der Waals surface area contributed by atoms with Gasteiger partial charge < -0.3 is 10.6 Å². The van der Waals surface area contributed by atoms with Crippen LogP contribution in [-0.4, -0.2) is 28.6 Å². The first-order valence-electron chi connectivity index (χ1n) is 6.67. The molecule has 5 nitrogen and oxygen atoms in total. The van der Waals surface area contributed by atoms with Crippen LogP contribution in [-0.2, 0) is 0 Å². The van der Waals surface area contributed by atoms with Crippen LogP contribution in [0.3, 0.4) is 0 Å². The van der Waals surface area contributed by atoms with Crippen LogP contribution in [0.15, 0.2) is 55.1 Å². The van der Waals surface area contributed by atoms with Crippen LogP contribution < -0.4 is 10.6 Å². The van der Waals surface area contributed by atoms with Gasteiger partial charge >= 0.3 is 0 Å². The Morgan fingerprint density at radius 2 is 1.95 bits per heavy atom. The van der Waals surface area contributed by atoms with E-state index in [0.29, 0.717) is 5.82 Å². The molecule has 0 saturated heterocycles. The second-order valence-electron chi connectivity index (χ2n) is 5.03. The van der Waals surface area contributed by atoms with Crippen LogP contribution in [0.25, 0.3) is 16.9 Å². The minimum atomic E-state index is 0.513. The van der Waals surface area contributed by atoms with Crippen molar-refractivity contribution in [2.24, 2.45) is 0 Å². The zero-order chi connectivity index (χ0) is 14.8. The maximum Gasteiger partial charge on any atom is 0.123 e. The summed E-state index contributed by atoms with van der Waals surface area (Å²) in [6, 6.07) is 12.0. The summed E-state index contributed by atoms with van der Waals surface area (Å²) < 4.78 is 2.04. The third kappa shape index (κ3) is 2.58. The number of hydrogen-bond acceptors (Lipinski definition) is 4. The first-order valence-corrected chi connectivity index (χ1v) is 6.67. The molecule has 21 heavy (non-hydrogen) atoms. The molecule has 0 fully saturated rings. The third-order valence-electron chi connectivity index (χ3n) is 3.34. The fourth-order valence-corrected chi connectivity index (χ4v) is 2.19. The SMILES string of the molecule is CN(C)c1cccc(-n2cncc2-c2ccc(N)nc2)c1. The molecule has 0 aliphatic heterocycles.